The first-order chi connectivity index (χ1) is 10.5. The normalized spacial score (nSPS) is 10.4. The molecule has 2 amide bonds. The average molecular weight is 306 g/mol. The van der Waals surface area contributed by atoms with Gasteiger partial charge in [-0.1, -0.05) is 32.0 Å². The summed E-state index contributed by atoms with van der Waals surface area (Å²) in [6.07, 6.45) is 1.09. The summed E-state index contributed by atoms with van der Waals surface area (Å²) in [7, 11) is 0. The van der Waals surface area contributed by atoms with Gasteiger partial charge in [-0.25, -0.2) is 0 Å². The van der Waals surface area contributed by atoms with Crippen LogP contribution < -0.4 is 15.4 Å². The monoisotopic (exact) mass is 306 g/mol. The quantitative estimate of drug-likeness (QED) is 0.686. The number of hydrogen-bond acceptors (Lipinski definition) is 3. The third kappa shape index (κ3) is 7.11. The number of para-hydroxylation sites is 1. The number of rotatable bonds is 9. The lowest BCUT2D eigenvalue weighted by atomic mass is 10.2. The highest BCUT2D eigenvalue weighted by molar-refractivity contribution is 5.78. The van der Waals surface area contributed by atoms with E-state index in [1.807, 2.05) is 45.0 Å². The van der Waals surface area contributed by atoms with Gasteiger partial charge in [0.25, 0.3) is 0 Å². The molecule has 0 aliphatic heterocycles. The average Bonchev–Trinajstić information content (AvgIpc) is 2.49. The molecule has 0 aliphatic rings. The van der Waals surface area contributed by atoms with Crippen LogP contribution in [0.5, 0.6) is 5.75 Å². The standard InChI is InChI=1S/C17H26N2O3/c1-13(2)17(21)19-11-10-18-16(20)9-6-12-22-15-8-5-4-7-14(15)3/h4-5,7-8,13H,6,9-12H2,1-3H3,(H,18,20)(H,19,21). The summed E-state index contributed by atoms with van der Waals surface area (Å²) >= 11 is 0. The maximum Gasteiger partial charge on any atom is 0.222 e. The van der Waals surface area contributed by atoms with E-state index in [-0.39, 0.29) is 17.7 Å². The minimum atomic E-state index is -0.0331. The number of hydrogen-bond donors (Lipinski definition) is 2. The third-order valence-corrected chi connectivity index (χ3v) is 3.17. The number of nitrogens with one attached hydrogen (secondary N) is 2. The lowest BCUT2D eigenvalue weighted by Gasteiger charge is -2.10. The highest BCUT2D eigenvalue weighted by Gasteiger charge is 2.06. The fourth-order valence-electron chi connectivity index (χ4n) is 1.81. The zero-order valence-electron chi connectivity index (χ0n) is 13.6. The maximum absolute atomic E-state index is 11.6. The summed E-state index contributed by atoms with van der Waals surface area (Å²) in [6.45, 7) is 7.10. The molecular weight excluding hydrogens is 280 g/mol. The van der Waals surface area contributed by atoms with E-state index in [2.05, 4.69) is 10.6 Å². The van der Waals surface area contributed by atoms with Crippen LogP contribution in [0, 0.1) is 12.8 Å². The Morgan fingerprint density at radius 1 is 1.14 bits per heavy atom. The van der Waals surface area contributed by atoms with Crippen LogP contribution >= 0.6 is 0 Å². The highest BCUT2D eigenvalue weighted by atomic mass is 16.5. The van der Waals surface area contributed by atoms with Crippen LogP contribution in [0.25, 0.3) is 0 Å². The summed E-state index contributed by atoms with van der Waals surface area (Å²) < 4.78 is 5.63. The lowest BCUT2D eigenvalue weighted by Crippen LogP contribution is -2.36. The molecule has 0 fully saturated rings. The molecule has 1 rings (SSSR count). The van der Waals surface area contributed by atoms with Gasteiger partial charge >= 0.3 is 0 Å². The molecule has 22 heavy (non-hydrogen) atoms. The van der Waals surface area contributed by atoms with Crippen LogP contribution in [0.15, 0.2) is 24.3 Å². The second-order valence-electron chi connectivity index (χ2n) is 5.51. The summed E-state index contributed by atoms with van der Waals surface area (Å²) in [4.78, 5) is 22.9. The van der Waals surface area contributed by atoms with Gasteiger partial charge in [-0.05, 0) is 25.0 Å². The Morgan fingerprint density at radius 3 is 2.50 bits per heavy atom. The first-order valence-electron chi connectivity index (χ1n) is 7.73. The van der Waals surface area contributed by atoms with Gasteiger partial charge in [0.1, 0.15) is 5.75 Å². The minimum Gasteiger partial charge on any atom is -0.493 e. The fourth-order valence-corrected chi connectivity index (χ4v) is 1.81. The second-order valence-corrected chi connectivity index (χ2v) is 5.51. The van der Waals surface area contributed by atoms with Gasteiger partial charge in [0.15, 0.2) is 0 Å². The topological polar surface area (TPSA) is 67.4 Å². The van der Waals surface area contributed by atoms with Gasteiger partial charge in [0.05, 0.1) is 6.61 Å². The summed E-state index contributed by atoms with van der Waals surface area (Å²) in [5, 5.41) is 5.53. The van der Waals surface area contributed by atoms with Crippen LogP contribution in [-0.4, -0.2) is 31.5 Å². The van der Waals surface area contributed by atoms with Crippen molar-refractivity contribution in [3.63, 3.8) is 0 Å². The number of carbonyl (C=O) groups is 2. The van der Waals surface area contributed by atoms with Gasteiger partial charge in [-0.2, -0.15) is 0 Å². The van der Waals surface area contributed by atoms with E-state index in [1.54, 1.807) is 0 Å². The fraction of sp³-hybridized carbons (Fsp3) is 0.529. The van der Waals surface area contributed by atoms with Crippen molar-refractivity contribution in [3.8, 4) is 5.75 Å². The Bertz CT molecular complexity index is 487. The molecule has 5 heteroatoms. The van der Waals surface area contributed by atoms with E-state index in [9.17, 15) is 9.59 Å². The molecular formula is C17H26N2O3. The predicted molar refractivity (Wildman–Crippen MR) is 86.8 cm³/mol. The molecule has 0 unspecified atom stereocenters. The Balaban J connectivity index is 2.07. The number of carbonyl (C=O) groups excluding carboxylic acids is 2. The summed E-state index contributed by atoms with van der Waals surface area (Å²) in [5.41, 5.74) is 1.09. The van der Waals surface area contributed by atoms with Crippen LogP contribution in [0.3, 0.4) is 0 Å². The van der Waals surface area contributed by atoms with Crippen LogP contribution in [-0.2, 0) is 9.59 Å². The Kier molecular flexibility index (Phi) is 8.04. The van der Waals surface area contributed by atoms with Crippen molar-refractivity contribution in [2.75, 3.05) is 19.7 Å². The molecule has 122 valence electrons. The molecule has 0 atom stereocenters. The number of benzene rings is 1. The number of amides is 2. The van der Waals surface area contributed by atoms with Crippen molar-refractivity contribution in [1.82, 2.24) is 10.6 Å². The molecule has 0 heterocycles. The molecule has 0 radical (unpaired) electrons. The molecule has 0 aromatic heterocycles. The van der Waals surface area contributed by atoms with Crippen molar-refractivity contribution in [2.24, 2.45) is 5.92 Å². The minimum absolute atomic E-state index is 0.000815. The molecule has 5 nitrogen and oxygen atoms in total. The second kappa shape index (κ2) is 9.82. The number of ether oxygens (including phenoxy) is 1. The van der Waals surface area contributed by atoms with Crippen molar-refractivity contribution >= 4 is 11.8 Å². The molecule has 1 aromatic carbocycles. The van der Waals surface area contributed by atoms with Gasteiger partial charge in [-0.3, -0.25) is 9.59 Å². The molecule has 0 saturated carbocycles. The van der Waals surface area contributed by atoms with Crippen molar-refractivity contribution in [2.45, 2.75) is 33.6 Å². The lowest BCUT2D eigenvalue weighted by molar-refractivity contribution is -0.124. The largest absolute Gasteiger partial charge is 0.493 e. The molecule has 0 aliphatic carbocycles. The van der Waals surface area contributed by atoms with Gasteiger partial charge in [0.2, 0.25) is 11.8 Å². The van der Waals surface area contributed by atoms with E-state index < -0.39 is 0 Å². The van der Waals surface area contributed by atoms with E-state index in [0.717, 1.165) is 11.3 Å². The smallest absolute Gasteiger partial charge is 0.222 e. The molecule has 2 N–H and O–H groups in total. The zero-order valence-corrected chi connectivity index (χ0v) is 13.6. The van der Waals surface area contributed by atoms with Crippen molar-refractivity contribution in [3.05, 3.63) is 29.8 Å². The molecule has 0 bridgehead atoms. The van der Waals surface area contributed by atoms with Crippen LogP contribution in [0.4, 0.5) is 0 Å². The van der Waals surface area contributed by atoms with Gasteiger partial charge in [-0.15, -0.1) is 0 Å². The van der Waals surface area contributed by atoms with E-state index in [0.29, 0.717) is 32.5 Å². The third-order valence-electron chi connectivity index (χ3n) is 3.17. The Hall–Kier alpha value is -2.04. The maximum atomic E-state index is 11.6. The highest BCUT2D eigenvalue weighted by Crippen LogP contribution is 2.16. The van der Waals surface area contributed by atoms with E-state index in [1.165, 1.54) is 0 Å². The predicted octanol–water partition coefficient (Wildman–Crippen LogP) is 2.04. The van der Waals surface area contributed by atoms with Crippen molar-refractivity contribution in [1.29, 1.82) is 0 Å². The number of aryl methyl sites for hydroxylation is 1. The molecule has 1 aromatic rings. The Labute approximate surface area is 132 Å². The first kappa shape index (κ1) is 18.0. The zero-order chi connectivity index (χ0) is 16.4. The van der Waals surface area contributed by atoms with E-state index in [4.69, 9.17) is 4.74 Å². The van der Waals surface area contributed by atoms with Crippen LogP contribution in [0.2, 0.25) is 0 Å². The Morgan fingerprint density at radius 2 is 1.82 bits per heavy atom. The summed E-state index contributed by atoms with van der Waals surface area (Å²) in [5.74, 6) is 0.807. The van der Waals surface area contributed by atoms with Gasteiger partial charge in [0, 0.05) is 25.4 Å². The van der Waals surface area contributed by atoms with E-state index >= 15 is 0 Å². The molecule has 0 saturated heterocycles. The first-order valence-corrected chi connectivity index (χ1v) is 7.73. The van der Waals surface area contributed by atoms with Gasteiger partial charge < -0.3 is 15.4 Å². The SMILES string of the molecule is Cc1ccccc1OCCCC(=O)NCCNC(=O)C(C)C. The summed E-state index contributed by atoms with van der Waals surface area (Å²) in [6, 6.07) is 7.81. The molecule has 0 spiro atoms. The van der Waals surface area contributed by atoms with Crippen molar-refractivity contribution < 1.29 is 14.3 Å². The van der Waals surface area contributed by atoms with Crippen LogP contribution in [0.1, 0.15) is 32.3 Å².